The van der Waals surface area contributed by atoms with Gasteiger partial charge in [0.05, 0.1) is 18.7 Å². The molecular weight excluding hydrogens is 327 g/mol. The van der Waals surface area contributed by atoms with E-state index in [-0.39, 0.29) is 30.8 Å². The van der Waals surface area contributed by atoms with Gasteiger partial charge in [0.2, 0.25) is 5.91 Å². The summed E-state index contributed by atoms with van der Waals surface area (Å²) >= 11 is 0. The van der Waals surface area contributed by atoms with E-state index < -0.39 is 29.7 Å². The molecule has 0 aliphatic carbocycles. The number of halogens is 3. The first-order valence-electron chi connectivity index (χ1n) is 7.18. The maximum atomic E-state index is 13.0. The predicted octanol–water partition coefficient (Wildman–Crippen LogP) is 2.42. The van der Waals surface area contributed by atoms with Crippen LogP contribution in [0.25, 0.3) is 5.57 Å². The Morgan fingerprint density at radius 3 is 2.62 bits per heavy atom. The number of carboxylic acid groups (broad SMARTS) is 1. The van der Waals surface area contributed by atoms with Crippen molar-refractivity contribution < 1.29 is 32.6 Å². The highest BCUT2D eigenvalue weighted by atomic mass is 19.4. The molecule has 0 aromatic heterocycles. The number of rotatable bonds is 3. The van der Waals surface area contributed by atoms with Crippen molar-refractivity contribution in [3.63, 3.8) is 0 Å². The first-order chi connectivity index (χ1) is 11.2. The van der Waals surface area contributed by atoms with Crippen LogP contribution >= 0.6 is 0 Å². The Kier molecular flexibility index (Phi) is 5.28. The van der Waals surface area contributed by atoms with Crippen LogP contribution < -0.4 is 0 Å². The SMILES string of the molecule is C/C(=C\C(=O)N1CCOC(C(=O)O)C1)c1ccccc1C(F)(F)F. The molecule has 130 valence electrons. The molecule has 1 aliphatic heterocycles. The third-order valence-electron chi connectivity index (χ3n) is 3.65. The van der Waals surface area contributed by atoms with Gasteiger partial charge in [0.15, 0.2) is 6.10 Å². The van der Waals surface area contributed by atoms with Gasteiger partial charge >= 0.3 is 12.1 Å². The third-order valence-corrected chi connectivity index (χ3v) is 3.65. The smallest absolute Gasteiger partial charge is 0.416 e. The molecule has 1 fully saturated rings. The van der Waals surface area contributed by atoms with Crippen LogP contribution in [0.15, 0.2) is 30.3 Å². The van der Waals surface area contributed by atoms with E-state index in [1.165, 1.54) is 30.0 Å². The van der Waals surface area contributed by atoms with E-state index in [0.717, 1.165) is 12.1 Å². The topological polar surface area (TPSA) is 66.8 Å². The largest absolute Gasteiger partial charge is 0.479 e. The molecule has 0 spiro atoms. The fourth-order valence-corrected chi connectivity index (χ4v) is 2.43. The van der Waals surface area contributed by atoms with Crippen molar-refractivity contribution in [2.45, 2.75) is 19.2 Å². The molecule has 8 heteroatoms. The molecule has 24 heavy (non-hydrogen) atoms. The first-order valence-corrected chi connectivity index (χ1v) is 7.18. The Balaban J connectivity index is 2.22. The number of carboxylic acids is 1. The molecule has 1 unspecified atom stereocenters. The number of hydrogen-bond donors (Lipinski definition) is 1. The summed E-state index contributed by atoms with van der Waals surface area (Å²) < 4.78 is 44.1. The summed E-state index contributed by atoms with van der Waals surface area (Å²) in [6.45, 7) is 1.53. The highest BCUT2D eigenvalue weighted by Gasteiger charge is 2.33. The molecule has 1 heterocycles. The fourth-order valence-electron chi connectivity index (χ4n) is 2.43. The zero-order valence-corrected chi connectivity index (χ0v) is 12.8. The molecule has 5 nitrogen and oxygen atoms in total. The Hall–Kier alpha value is -2.35. The van der Waals surface area contributed by atoms with E-state index in [4.69, 9.17) is 9.84 Å². The number of amides is 1. The monoisotopic (exact) mass is 343 g/mol. The minimum absolute atomic E-state index is 0.0642. The van der Waals surface area contributed by atoms with Crippen LogP contribution in [0.2, 0.25) is 0 Å². The number of carbonyl (C=O) groups is 2. The van der Waals surface area contributed by atoms with Gasteiger partial charge in [0.25, 0.3) is 0 Å². The van der Waals surface area contributed by atoms with E-state index in [9.17, 15) is 22.8 Å². The number of ether oxygens (including phenoxy) is 1. The van der Waals surface area contributed by atoms with Crippen molar-refractivity contribution in [2.24, 2.45) is 0 Å². The maximum Gasteiger partial charge on any atom is 0.416 e. The Morgan fingerprint density at radius 1 is 1.33 bits per heavy atom. The predicted molar refractivity (Wildman–Crippen MR) is 79.1 cm³/mol. The van der Waals surface area contributed by atoms with E-state index in [0.29, 0.717) is 0 Å². The molecule has 1 aliphatic rings. The highest BCUT2D eigenvalue weighted by Crippen LogP contribution is 2.34. The first kappa shape index (κ1) is 18.0. The molecule has 1 aromatic rings. The second kappa shape index (κ2) is 7.04. The van der Waals surface area contributed by atoms with Gasteiger partial charge in [-0.05, 0) is 24.1 Å². The lowest BCUT2D eigenvalue weighted by Gasteiger charge is -2.30. The van der Waals surface area contributed by atoms with E-state index in [1.807, 2.05) is 0 Å². The number of nitrogens with zero attached hydrogens (tertiary/aromatic N) is 1. The molecule has 1 atom stereocenters. The molecule has 1 amide bonds. The van der Waals surface area contributed by atoms with Gasteiger partial charge in [-0.3, -0.25) is 4.79 Å². The van der Waals surface area contributed by atoms with E-state index >= 15 is 0 Å². The van der Waals surface area contributed by atoms with Crippen LogP contribution in [0, 0.1) is 0 Å². The van der Waals surface area contributed by atoms with Crippen LogP contribution in [-0.2, 0) is 20.5 Å². The van der Waals surface area contributed by atoms with Gasteiger partial charge in [-0.2, -0.15) is 13.2 Å². The third kappa shape index (κ3) is 4.14. The number of aliphatic carboxylic acids is 1. The minimum atomic E-state index is -4.53. The minimum Gasteiger partial charge on any atom is -0.479 e. The number of hydrogen-bond acceptors (Lipinski definition) is 3. The zero-order chi connectivity index (χ0) is 17.9. The molecular formula is C16H16F3NO4. The van der Waals surface area contributed by atoms with Gasteiger partial charge < -0.3 is 14.7 Å². The van der Waals surface area contributed by atoms with Crippen molar-refractivity contribution >= 4 is 17.4 Å². The number of benzene rings is 1. The van der Waals surface area contributed by atoms with Gasteiger partial charge in [-0.1, -0.05) is 18.2 Å². The van der Waals surface area contributed by atoms with Crippen molar-refractivity contribution in [2.75, 3.05) is 19.7 Å². The lowest BCUT2D eigenvalue weighted by molar-refractivity contribution is -0.158. The summed E-state index contributed by atoms with van der Waals surface area (Å²) in [5, 5.41) is 8.92. The molecule has 1 aromatic carbocycles. The van der Waals surface area contributed by atoms with Gasteiger partial charge in [0, 0.05) is 12.6 Å². The Bertz CT molecular complexity index is 670. The van der Waals surface area contributed by atoms with Crippen molar-refractivity contribution in [3.8, 4) is 0 Å². The second-order valence-corrected chi connectivity index (χ2v) is 5.35. The second-order valence-electron chi connectivity index (χ2n) is 5.35. The van der Waals surface area contributed by atoms with Gasteiger partial charge in [-0.25, -0.2) is 4.79 Å². The van der Waals surface area contributed by atoms with Gasteiger partial charge in [0.1, 0.15) is 0 Å². The highest BCUT2D eigenvalue weighted by molar-refractivity contribution is 5.95. The normalized spacial score (nSPS) is 19.2. The van der Waals surface area contributed by atoms with Crippen LogP contribution in [0.4, 0.5) is 13.2 Å². The lowest BCUT2D eigenvalue weighted by Crippen LogP contribution is -2.48. The number of allylic oxidation sites excluding steroid dienone is 1. The van der Waals surface area contributed by atoms with Crippen LogP contribution in [0.5, 0.6) is 0 Å². The Morgan fingerprint density at radius 2 is 2.00 bits per heavy atom. The van der Waals surface area contributed by atoms with Crippen LogP contribution in [-0.4, -0.2) is 47.7 Å². The average molecular weight is 343 g/mol. The van der Waals surface area contributed by atoms with Crippen molar-refractivity contribution in [1.29, 1.82) is 0 Å². The summed E-state index contributed by atoms with van der Waals surface area (Å²) in [6.07, 6.45) is -4.56. The number of alkyl halides is 3. The quantitative estimate of drug-likeness (QED) is 0.856. The molecule has 2 rings (SSSR count). The summed E-state index contributed by atoms with van der Waals surface area (Å²) in [5.41, 5.74) is -0.746. The van der Waals surface area contributed by atoms with E-state index in [1.54, 1.807) is 0 Å². The average Bonchev–Trinajstić information content (AvgIpc) is 2.54. The maximum absolute atomic E-state index is 13.0. The van der Waals surface area contributed by atoms with Crippen molar-refractivity contribution in [1.82, 2.24) is 4.90 Å². The summed E-state index contributed by atoms with van der Waals surface area (Å²) in [5.74, 6) is -1.73. The summed E-state index contributed by atoms with van der Waals surface area (Å²) in [6, 6.07) is 4.98. The number of morpholine rings is 1. The molecule has 1 N–H and O–H groups in total. The zero-order valence-electron chi connectivity index (χ0n) is 12.8. The van der Waals surface area contributed by atoms with E-state index in [2.05, 4.69) is 0 Å². The van der Waals surface area contributed by atoms with Crippen LogP contribution in [0.1, 0.15) is 18.1 Å². The standard InChI is InChI=1S/C16H16F3NO4/c1-10(11-4-2-3-5-12(11)16(17,18)19)8-14(21)20-6-7-24-13(9-20)15(22)23/h2-5,8,13H,6-7,9H2,1H3,(H,22,23)/b10-8+. The molecule has 0 saturated carbocycles. The number of carbonyl (C=O) groups excluding carboxylic acids is 1. The Labute approximate surface area is 136 Å². The molecule has 1 saturated heterocycles. The van der Waals surface area contributed by atoms with Crippen LogP contribution in [0.3, 0.4) is 0 Å². The molecule has 0 radical (unpaired) electrons. The summed E-state index contributed by atoms with van der Waals surface area (Å²) in [4.78, 5) is 24.4. The van der Waals surface area contributed by atoms with Gasteiger partial charge in [-0.15, -0.1) is 0 Å². The van der Waals surface area contributed by atoms with Crippen molar-refractivity contribution in [3.05, 3.63) is 41.5 Å². The lowest BCUT2D eigenvalue weighted by atomic mass is 10.00. The fraction of sp³-hybridized carbons (Fsp3) is 0.375. The molecule has 0 bridgehead atoms. The summed E-state index contributed by atoms with van der Waals surface area (Å²) in [7, 11) is 0.